The Kier molecular flexibility index (Phi) is 12.7. The van der Waals surface area contributed by atoms with Gasteiger partial charge in [0.25, 0.3) is 11.8 Å². The molecule has 0 saturated carbocycles. The Hall–Kier alpha value is -9.08. The quantitative estimate of drug-likeness (QED) is 0.165. The normalized spacial score (nSPS) is 16.3. The van der Waals surface area contributed by atoms with E-state index in [4.69, 9.17) is 28.4 Å². The number of hydrogen-bond donors (Lipinski definition) is 0. The van der Waals surface area contributed by atoms with E-state index in [2.05, 4.69) is 40.9 Å². The van der Waals surface area contributed by atoms with E-state index in [1.807, 2.05) is 36.4 Å². The van der Waals surface area contributed by atoms with E-state index in [1.165, 1.54) is 4.80 Å². The molecule has 0 aliphatic carbocycles. The number of likely N-dealkylation sites (tertiary alicyclic amines) is 2. The van der Waals surface area contributed by atoms with Crippen molar-refractivity contribution in [3.63, 3.8) is 0 Å². The zero-order valence-corrected chi connectivity index (χ0v) is 42.6. The van der Waals surface area contributed by atoms with Crippen molar-refractivity contribution in [3.8, 4) is 57.3 Å². The molecule has 8 heterocycles. The average Bonchev–Trinajstić information content (AvgIpc) is 4.11. The first-order chi connectivity index (χ1) is 36.8. The van der Waals surface area contributed by atoms with E-state index in [0.717, 1.165) is 16.3 Å². The summed E-state index contributed by atoms with van der Waals surface area (Å²) in [5.41, 5.74) is 2.91. The highest BCUT2D eigenvalue weighted by Crippen LogP contribution is 2.43. The van der Waals surface area contributed by atoms with Crippen LogP contribution in [0.5, 0.6) is 34.5 Å². The maximum absolute atomic E-state index is 13.5. The monoisotopic (exact) mass is 1030 g/mol. The number of tetrazole rings is 2. The summed E-state index contributed by atoms with van der Waals surface area (Å²) < 4.78 is 36.4. The van der Waals surface area contributed by atoms with Crippen LogP contribution in [0.3, 0.4) is 0 Å². The van der Waals surface area contributed by atoms with Crippen LogP contribution in [0, 0.1) is 0 Å². The summed E-state index contributed by atoms with van der Waals surface area (Å²) in [5, 5.41) is 25.2. The molecule has 76 heavy (non-hydrogen) atoms. The van der Waals surface area contributed by atoms with Gasteiger partial charge in [-0.25, -0.2) is 14.6 Å². The van der Waals surface area contributed by atoms with Gasteiger partial charge in [0.15, 0.2) is 17.4 Å². The van der Waals surface area contributed by atoms with E-state index >= 15 is 0 Å². The summed E-state index contributed by atoms with van der Waals surface area (Å²) in [6, 6.07) is 25.2. The highest BCUT2D eigenvalue weighted by atomic mass is 16.5. The summed E-state index contributed by atoms with van der Waals surface area (Å²) >= 11 is 0. The van der Waals surface area contributed by atoms with Gasteiger partial charge in [0, 0.05) is 92.9 Å². The fraction of sp³-hybridized carbons (Fsp3) is 0.333. The minimum absolute atomic E-state index is 0.00444. The summed E-state index contributed by atoms with van der Waals surface area (Å²) in [6.45, 7) is 1.77. The number of pyridine rings is 2. The van der Waals surface area contributed by atoms with Crippen LogP contribution in [-0.2, 0) is 14.1 Å². The Balaban J connectivity index is 0.000000162. The number of carbonyl (C=O) groups is 4. The van der Waals surface area contributed by atoms with Crippen LogP contribution in [0.25, 0.3) is 44.6 Å². The molecule has 4 aliphatic rings. The smallest absolute Gasteiger partial charge is 0.272 e. The highest BCUT2D eigenvalue weighted by Gasteiger charge is 2.46. The van der Waals surface area contributed by atoms with Crippen molar-refractivity contribution >= 4 is 45.2 Å². The molecular weight excluding hydrogens is 977 g/mol. The van der Waals surface area contributed by atoms with Gasteiger partial charge in [0.05, 0.1) is 59.5 Å². The van der Waals surface area contributed by atoms with Crippen LogP contribution < -0.4 is 28.4 Å². The van der Waals surface area contributed by atoms with Crippen LogP contribution in [0.1, 0.15) is 80.2 Å². The number of Topliss-reactive ketones (excluding diaryl/α,β-unsaturated/α-hetero) is 2. The Morgan fingerprint density at radius 2 is 1.04 bits per heavy atom. The van der Waals surface area contributed by atoms with Crippen molar-refractivity contribution in [2.24, 2.45) is 14.1 Å². The van der Waals surface area contributed by atoms with Crippen molar-refractivity contribution in [2.75, 3.05) is 54.6 Å². The molecule has 0 radical (unpaired) electrons. The zero-order valence-electron chi connectivity index (χ0n) is 42.6. The lowest BCUT2D eigenvalue weighted by molar-refractivity contribution is -0.00689. The molecule has 4 aliphatic heterocycles. The minimum atomic E-state index is -0.648. The predicted octanol–water partition coefficient (Wildman–Crippen LogP) is 6.17. The molecule has 2 fully saturated rings. The Morgan fingerprint density at radius 3 is 1.47 bits per heavy atom. The molecule has 388 valence electrons. The van der Waals surface area contributed by atoms with E-state index in [0.29, 0.717) is 126 Å². The van der Waals surface area contributed by atoms with Crippen molar-refractivity contribution < 1.29 is 47.6 Å². The minimum Gasteiger partial charge on any atom is -0.496 e. The van der Waals surface area contributed by atoms with Crippen molar-refractivity contribution in [1.82, 2.24) is 60.2 Å². The molecule has 22 nitrogen and oxygen atoms in total. The number of carbonyl (C=O) groups excluding carboxylic acids is 4. The standard InChI is InChI=1S/2C27H26N6O5/c1-32-25(29-30-31-32)16-7-8-21-18(13-16)20(34)15-27(38-21)9-11-33(12-10-27)26(35)19-14-23(37-3)17-5-4-6-22(36-2)24(17)28-19;1-32-30-25(29-31-32)16-7-8-21-18(13-16)20(34)15-27(38-21)9-11-33(12-10-27)26(35)19-14-23(37-3)17-5-4-6-22(36-2)24(17)28-19/h2*4-8,13-14H,9-12,15H2,1-3H3. The molecule has 0 bridgehead atoms. The SMILES string of the molecule is COc1cc(C(=O)N2CCC3(CC2)CC(=O)c2cc(-c4nnn(C)n4)ccc2O3)nc2c(OC)cccc12.COc1cc(C(=O)N2CCC3(CC2)CC(=O)c2cc(-c4nnnn4C)ccc2O3)nc2c(OC)cccc12. The molecule has 4 aromatic heterocycles. The average molecular weight is 1030 g/mol. The van der Waals surface area contributed by atoms with Crippen LogP contribution >= 0.6 is 0 Å². The van der Waals surface area contributed by atoms with Gasteiger partial charge in [0.2, 0.25) is 5.82 Å². The second-order valence-corrected chi connectivity index (χ2v) is 19.1. The first kappa shape index (κ1) is 49.1. The molecule has 4 aromatic carbocycles. The molecule has 12 rings (SSSR count). The molecule has 2 spiro atoms. The van der Waals surface area contributed by atoms with E-state index in [1.54, 1.807) is 106 Å². The van der Waals surface area contributed by atoms with Crippen LogP contribution in [0.2, 0.25) is 0 Å². The lowest BCUT2D eigenvalue weighted by Gasteiger charge is -2.44. The number of hydrogen-bond acceptors (Lipinski definition) is 18. The first-order valence-corrected chi connectivity index (χ1v) is 24.6. The number of ketones is 2. The maximum atomic E-state index is 13.5. The van der Waals surface area contributed by atoms with E-state index < -0.39 is 11.2 Å². The lowest BCUT2D eigenvalue weighted by atomic mass is 9.82. The summed E-state index contributed by atoms with van der Waals surface area (Å²) in [6.07, 6.45) is 2.64. The van der Waals surface area contributed by atoms with Gasteiger partial charge in [-0.3, -0.25) is 19.2 Å². The number of para-hydroxylation sites is 2. The molecule has 0 atom stereocenters. The Labute approximate surface area is 434 Å². The van der Waals surface area contributed by atoms with Gasteiger partial charge >= 0.3 is 0 Å². The molecule has 2 saturated heterocycles. The van der Waals surface area contributed by atoms with Gasteiger partial charge in [0.1, 0.15) is 68.1 Å². The first-order valence-electron chi connectivity index (χ1n) is 24.6. The van der Waals surface area contributed by atoms with Crippen molar-refractivity contribution in [1.29, 1.82) is 0 Å². The number of benzene rings is 4. The predicted molar refractivity (Wildman–Crippen MR) is 273 cm³/mol. The van der Waals surface area contributed by atoms with E-state index in [-0.39, 0.29) is 47.6 Å². The Bertz CT molecular complexity index is 3620. The van der Waals surface area contributed by atoms with Gasteiger partial charge in [-0.1, -0.05) is 12.1 Å². The third-order valence-electron chi connectivity index (χ3n) is 14.6. The lowest BCUT2D eigenvalue weighted by Crippen LogP contribution is -2.52. The third-order valence-corrected chi connectivity index (χ3v) is 14.6. The Morgan fingerprint density at radius 1 is 0.566 bits per heavy atom. The maximum Gasteiger partial charge on any atom is 0.272 e. The molecule has 8 aromatic rings. The second kappa shape index (κ2) is 19.6. The number of nitrogens with zero attached hydrogens (tertiary/aromatic N) is 12. The highest BCUT2D eigenvalue weighted by molar-refractivity contribution is 6.03. The number of fused-ring (bicyclic) bond motifs is 4. The molecule has 0 unspecified atom stereocenters. The van der Waals surface area contributed by atoms with Crippen molar-refractivity contribution in [3.05, 3.63) is 107 Å². The number of amides is 2. The van der Waals surface area contributed by atoms with Gasteiger partial charge in [-0.2, -0.15) is 4.80 Å². The number of methoxy groups -OCH3 is 4. The molecule has 0 N–H and O–H groups in total. The summed E-state index contributed by atoms with van der Waals surface area (Å²) in [7, 11) is 9.70. The second-order valence-electron chi connectivity index (χ2n) is 19.1. The summed E-state index contributed by atoms with van der Waals surface area (Å²) in [4.78, 5) is 67.4. The number of ether oxygens (including phenoxy) is 6. The number of aromatic nitrogens is 10. The van der Waals surface area contributed by atoms with E-state index in [9.17, 15) is 19.2 Å². The van der Waals surface area contributed by atoms with Gasteiger partial charge < -0.3 is 38.2 Å². The van der Waals surface area contributed by atoms with Crippen LogP contribution in [-0.4, -0.2) is 149 Å². The van der Waals surface area contributed by atoms with Crippen molar-refractivity contribution in [2.45, 2.75) is 49.7 Å². The van der Waals surface area contributed by atoms with Gasteiger partial charge in [-0.15, -0.1) is 15.3 Å². The largest absolute Gasteiger partial charge is 0.496 e. The topological polar surface area (TPSA) is 243 Å². The number of rotatable bonds is 8. The molecular formula is C54H52N12O10. The fourth-order valence-electron chi connectivity index (χ4n) is 10.5. The van der Waals surface area contributed by atoms with Crippen LogP contribution in [0.4, 0.5) is 0 Å². The van der Waals surface area contributed by atoms with Crippen LogP contribution in [0.15, 0.2) is 84.9 Å². The third kappa shape index (κ3) is 8.97. The van der Waals surface area contributed by atoms with Gasteiger partial charge in [-0.05, 0) is 76.3 Å². The fourth-order valence-corrected chi connectivity index (χ4v) is 10.5. The molecule has 2 amide bonds. The zero-order chi connectivity index (χ0) is 52.9. The molecule has 22 heteroatoms. The number of aryl methyl sites for hydroxylation is 2. The number of piperidine rings is 2. The summed E-state index contributed by atoms with van der Waals surface area (Å²) in [5.74, 6) is 3.98.